The van der Waals surface area contributed by atoms with Crippen LogP contribution in [0.4, 0.5) is 37.5 Å². The molecule has 4 heterocycles. The summed E-state index contributed by atoms with van der Waals surface area (Å²) in [6.45, 7) is 11.2. The first-order valence-corrected chi connectivity index (χ1v) is 16.0. The van der Waals surface area contributed by atoms with Crippen LogP contribution in [0.25, 0.3) is 0 Å². The summed E-state index contributed by atoms with van der Waals surface area (Å²) < 4.78 is 34.5. The Labute approximate surface area is 274 Å². The molecule has 11 nitrogen and oxygen atoms in total. The van der Waals surface area contributed by atoms with Crippen LogP contribution in [-0.2, 0) is 9.63 Å². The molecule has 2 atom stereocenters. The fourth-order valence-corrected chi connectivity index (χ4v) is 6.68. The minimum Gasteiger partial charge on any atom is -0.494 e. The largest absolute Gasteiger partial charge is 0.494 e. The molecule has 13 heteroatoms. The number of hydrogen-bond acceptors (Lipinski definition) is 10. The van der Waals surface area contributed by atoms with E-state index in [1.807, 2.05) is 12.1 Å². The minimum absolute atomic E-state index is 0.192. The predicted molar refractivity (Wildman–Crippen MR) is 178 cm³/mol. The maximum atomic E-state index is 14.7. The Hall–Kier alpha value is -4.33. The zero-order valence-corrected chi connectivity index (χ0v) is 27.1. The van der Waals surface area contributed by atoms with Crippen molar-refractivity contribution in [3.05, 3.63) is 72.6 Å². The molecule has 47 heavy (non-hydrogen) atoms. The molecule has 250 valence electrons. The van der Waals surface area contributed by atoms with Crippen LogP contribution in [-0.4, -0.2) is 91.2 Å². The second-order valence-corrected chi connectivity index (χ2v) is 12.3. The first-order valence-electron chi connectivity index (χ1n) is 16.0. The van der Waals surface area contributed by atoms with Gasteiger partial charge in [-0.25, -0.2) is 23.8 Å². The monoisotopic (exact) mass is 648 g/mol. The van der Waals surface area contributed by atoms with Crippen LogP contribution in [0.5, 0.6) is 5.75 Å². The van der Waals surface area contributed by atoms with Crippen molar-refractivity contribution in [1.29, 1.82) is 0 Å². The first kappa shape index (κ1) is 32.6. The molecule has 0 saturated carbocycles. The molecule has 6 rings (SSSR count). The van der Waals surface area contributed by atoms with Crippen molar-refractivity contribution in [1.82, 2.24) is 19.8 Å². The average molecular weight is 649 g/mol. The highest BCUT2D eigenvalue weighted by Crippen LogP contribution is 2.41. The van der Waals surface area contributed by atoms with Gasteiger partial charge < -0.3 is 25.2 Å². The number of rotatable bonds is 9. The van der Waals surface area contributed by atoms with Crippen LogP contribution < -0.4 is 25.3 Å². The van der Waals surface area contributed by atoms with E-state index in [2.05, 4.69) is 55.9 Å². The Morgan fingerprint density at radius 3 is 2.62 bits per heavy atom. The van der Waals surface area contributed by atoms with E-state index in [1.54, 1.807) is 13.2 Å². The highest BCUT2D eigenvalue weighted by molar-refractivity contribution is 6.02. The number of nitrogens with one attached hydrogen (secondary N) is 2. The van der Waals surface area contributed by atoms with Crippen LogP contribution in [0.2, 0.25) is 0 Å². The Balaban J connectivity index is 1.23. The summed E-state index contributed by atoms with van der Waals surface area (Å²) in [6, 6.07) is 9.30. The number of ether oxygens (including phenoxy) is 1. The predicted octanol–water partition coefficient (Wildman–Crippen LogP) is 5.12. The number of hydroxylamine groups is 1. The third-order valence-electron chi connectivity index (χ3n) is 9.44. The standard InChI is InChI=1S/C34H42F2N8O3/c1-5-34(45)40-27-17-28(31(46-4)18-30(27)42-11-8-24(9-12-42)43-14-13-41(3)22(2)20-43)39-32-19-33(38-21-37-32)44-29(10-15-47-44)25-16-23(35)6-7-26(25)36/h5-7,16-19,21-22,24,29H,1,8-15,20H2,2-4H3,(H,40,45)(H,37,38,39)/t22-,29-/m1/s1. The molecule has 2 aromatic carbocycles. The summed E-state index contributed by atoms with van der Waals surface area (Å²) in [7, 11) is 3.78. The Bertz CT molecular complexity index is 1600. The van der Waals surface area contributed by atoms with Gasteiger partial charge in [-0.1, -0.05) is 6.58 Å². The molecular weight excluding hydrogens is 606 g/mol. The minimum atomic E-state index is -0.563. The third-order valence-corrected chi connectivity index (χ3v) is 9.44. The molecule has 0 unspecified atom stereocenters. The molecule has 3 aliphatic rings. The van der Waals surface area contributed by atoms with Crippen LogP contribution in [0.15, 0.2) is 55.4 Å². The zero-order valence-electron chi connectivity index (χ0n) is 27.1. The molecule has 1 aromatic heterocycles. The number of benzene rings is 2. The number of nitrogens with zero attached hydrogens (tertiary/aromatic N) is 6. The molecule has 3 fully saturated rings. The Morgan fingerprint density at radius 2 is 1.87 bits per heavy atom. The van der Waals surface area contributed by atoms with Crippen molar-refractivity contribution in [3.8, 4) is 5.75 Å². The lowest BCUT2D eigenvalue weighted by Crippen LogP contribution is -2.55. The molecule has 3 saturated heterocycles. The van der Waals surface area contributed by atoms with Gasteiger partial charge in [-0.2, -0.15) is 0 Å². The van der Waals surface area contributed by atoms with Crippen molar-refractivity contribution in [3.63, 3.8) is 0 Å². The number of halogens is 2. The molecule has 0 radical (unpaired) electrons. The van der Waals surface area contributed by atoms with Gasteiger partial charge in [0.1, 0.15) is 29.5 Å². The zero-order chi connectivity index (χ0) is 33.1. The number of methoxy groups -OCH3 is 1. The van der Waals surface area contributed by atoms with E-state index in [0.717, 1.165) is 63.4 Å². The fraction of sp³-hybridized carbons (Fsp3) is 0.441. The van der Waals surface area contributed by atoms with Gasteiger partial charge in [0, 0.05) is 68.9 Å². The summed E-state index contributed by atoms with van der Waals surface area (Å²) in [5.41, 5.74) is 2.24. The molecular formula is C34H42F2N8O3. The third kappa shape index (κ3) is 7.16. The van der Waals surface area contributed by atoms with E-state index in [1.165, 1.54) is 23.5 Å². The lowest BCUT2D eigenvalue weighted by atomic mass is 10.00. The van der Waals surface area contributed by atoms with E-state index < -0.39 is 17.7 Å². The molecule has 0 bridgehead atoms. The van der Waals surface area contributed by atoms with Crippen molar-refractivity contribution in [2.45, 2.75) is 44.3 Å². The van der Waals surface area contributed by atoms with E-state index >= 15 is 0 Å². The first-order chi connectivity index (χ1) is 22.7. The summed E-state index contributed by atoms with van der Waals surface area (Å²) in [4.78, 5) is 34.4. The number of carbonyl (C=O) groups excluding carboxylic acids is 1. The van der Waals surface area contributed by atoms with E-state index in [0.29, 0.717) is 53.9 Å². The van der Waals surface area contributed by atoms with Gasteiger partial charge in [0.2, 0.25) is 5.91 Å². The number of anilines is 5. The average Bonchev–Trinajstić information content (AvgIpc) is 3.57. The van der Waals surface area contributed by atoms with Gasteiger partial charge in [-0.3, -0.25) is 14.5 Å². The number of hydrogen-bond donors (Lipinski definition) is 2. The second kappa shape index (κ2) is 14.2. The normalized spacial score (nSPS) is 21.1. The van der Waals surface area contributed by atoms with E-state index in [9.17, 15) is 13.6 Å². The maximum Gasteiger partial charge on any atom is 0.247 e. The highest BCUT2D eigenvalue weighted by atomic mass is 19.1. The molecule has 2 N–H and O–H groups in total. The maximum absolute atomic E-state index is 14.7. The van der Waals surface area contributed by atoms with Gasteiger partial charge in [-0.05, 0) is 57.2 Å². The molecule has 3 aromatic rings. The van der Waals surface area contributed by atoms with Crippen LogP contribution in [0.1, 0.15) is 37.8 Å². The quantitative estimate of drug-likeness (QED) is 0.305. The number of carbonyl (C=O) groups is 1. The smallest absolute Gasteiger partial charge is 0.247 e. The van der Waals surface area contributed by atoms with Gasteiger partial charge in [0.15, 0.2) is 5.82 Å². The van der Waals surface area contributed by atoms with Gasteiger partial charge in [0.25, 0.3) is 0 Å². The Morgan fingerprint density at radius 1 is 1.06 bits per heavy atom. The summed E-state index contributed by atoms with van der Waals surface area (Å²) >= 11 is 0. The van der Waals surface area contributed by atoms with E-state index in [-0.39, 0.29) is 11.5 Å². The highest BCUT2D eigenvalue weighted by Gasteiger charge is 2.33. The lowest BCUT2D eigenvalue weighted by molar-refractivity contribution is -0.111. The number of likely N-dealkylation sites (N-methyl/N-ethyl adjacent to an activating group) is 1. The SMILES string of the molecule is C=CC(=O)Nc1cc(Nc2cc(N3OCC[C@@H]3c3cc(F)ccc3F)ncn2)c(OC)cc1N1CCC(N2CCN(C)[C@H](C)C2)CC1. The summed E-state index contributed by atoms with van der Waals surface area (Å²) in [5, 5.41) is 7.74. The fourth-order valence-electron chi connectivity index (χ4n) is 6.68. The number of piperazine rings is 1. The topological polar surface area (TPSA) is 98.3 Å². The van der Waals surface area contributed by atoms with Gasteiger partial charge >= 0.3 is 0 Å². The van der Waals surface area contributed by atoms with E-state index in [4.69, 9.17) is 9.57 Å². The molecule has 0 spiro atoms. The van der Waals surface area contributed by atoms with Gasteiger partial charge in [0.05, 0.1) is 36.8 Å². The summed E-state index contributed by atoms with van der Waals surface area (Å²) in [5.74, 6) is -0.0161. The number of piperidine rings is 1. The molecule has 0 aliphatic carbocycles. The van der Waals surface area contributed by atoms with Crippen molar-refractivity contribution >= 4 is 34.6 Å². The lowest BCUT2D eigenvalue weighted by Gasteiger charge is -2.45. The Kier molecular flexibility index (Phi) is 9.85. The van der Waals surface area contributed by atoms with Crippen molar-refractivity contribution in [2.24, 2.45) is 0 Å². The molecule has 3 aliphatic heterocycles. The summed E-state index contributed by atoms with van der Waals surface area (Å²) in [6.07, 6.45) is 5.12. The van der Waals surface area contributed by atoms with Crippen molar-refractivity contribution in [2.75, 3.05) is 74.1 Å². The van der Waals surface area contributed by atoms with Crippen LogP contribution in [0.3, 0.4) is 0 Å². The van der Waals surface area contributed by atoms with Crippen molar-refractivity contribution < 1.29 is 23.1 Å². The second-order valence-electron chi connectivity index (χ2n) is 12.3. The van der Waals surface area contributed by atoms with Crippen LogP contribution in [0, 0.1) is 11.6 Å². The molecule has 1 amide bonds. The number of amides is 1. The van der Waals surface area contributed by atoms with Crippen LogP contribution >= 0.6 is 0 Å². The number of aromatic nitrogens is 2. The van der Waals surface area contributed by atoms with Gasteiger partial charge in [-0.15, -0.1) is 0 Å².